The van der Waals surface area contributed by atoms with Crippen LogP contribution in [0.25, 0.3) is 0 Å². The van der Waals surface area contributed by atoms with Gasteiger partial charge < -0.3 is 9.64 Å². The molecule has 1 aliphatic rings. The molecule has 1 aliphatic heterocycles. The van der Waals surface area contributed by atoms with Gasteiger partial charge in [-0.2, -0.15) is 13.2 Å². The monoisotopic (exact) mass is 352 g/mol. The first-order valence-electron chi connectivity index (χ1n) is 7.63. The molecule has 8 heteroatoms. The number of non-ortho nitro benzene ring substituents is 1. The predicted octanol–water partition coefficient (Wildman–Crippen LogP) is 4.19. The summed E-state index contributed by atoms with van der Waals surface area (Å²) in [5.41, 5.74) is 0.793. The van der Waals surface area contributed by atoms with E-state index < -0.39 is 16.7 Å². The Balaban J connectivity index is 1.73. The van der Waals surface area contributed by atoms with Gasteiger partial charge in [-0.1, -0.05) is 12.1 Å². The van der Waals surface area contributed by atoms with E-state index in [-0.39, 0.29) is 11.8 Å². The molecule has 0 saturated carbocycles. The number of hydrogen-bond acceptors (Lipinski definition) is 4. The van der Waals surface area contributed by atoms with Gasteiger partial charge in [0.1, 0.15) is 6.10 Å². The van der Waals surface area contributed by atoms with Crippen LogP contribution in [0.3, 0.4) is 0 Å². The minimum absolute atomic E-state index is 0.0105. The van der Waals surface area contributed by atoms with E-state index in [1.54, 1.807) is 12.1 Å². The maximum Gasteiger partial charge on any atom is 0.416 e. The first kappa shape index (κ1) is 17.2. The smallest absolute Gasteiger partial charge is 0.370 e. The highest BCUT2D eigenvalue weighted by Crippen LogP contribution is 2.32. The molecule has 2 aromatic carbocycles. The van der Waals surface area contributed by atoms with Crippen LogP contribution in [0.15, 0.2) is 48.5 Å². The van der Waals surface area contributed by atoms with Crippen LogP contribution in [0.5, 0.6) is 0 Å². The van der Waals surface area contributed by atoms with Gasteiger partial charge in [0.05, 0.1) is 17.1 Å². The van der Waals surface area contributed by atoms with Crippen LogP contribution in [0.1, 0.15) is 17.2 Å². The number of alkyl halides is 3. The molecule has 0 spiro atoms. The molecule has 1 saturated heterocycles. The molecule has 0 aliphatic carbocycles. The minimum Gasteiger partial charge on any atom is -0.370 e. The predicted molar refractivity (Wildman–Crippen MR) is 85.4 cm³/mol. The number of ether oxygens (including phenoxy) is 1. The normalized spacial score (nSPS) is 18.2. The Bertz CT molecular complexity index is 745. The van der Waals surface area contributed by atoms with Crippen molar-refractivity contribution in [2.75, 3.05) is 24.6 Å². The van der Waals surface area contributed by atoms with Crippen molar-refractivity contribution in [3.05, 3.63) is 69.8 Å². The van der Waals surface area contributed by atoms with Crippen molar-refractivity contribution < 1.29 is 22.8 Å². The summed E-state index contributed by atoms with van der Waals surface area (Å²) >= 11 is 0. The molecule has 1 atom stereocenters. The van der Waals surface area contributed by atoms with Crippen LogP contribution in [0, 0.1) is 10.1 Å². The fourth-order valence-electron chi connectivity index (χ4n) is 2.76. The second kappa shape index (κ2) is 6.72. The van der Waals surface area contributed by atoms with Gasteiger partial charge in [-0.05, 0) is 29.8 Å². The zero-order chi connectivity index (χ0) is 18.0. The quantitative estimate of drug-likeness (QED) is 0.614. The summed E-state index contributed by atoms with van der Waals surface area (Å²) in [6.07, 6.45) is -4.72. The largest absolute Gasteiger partial charge is 0.416 e. The molecule has 3 rings (SSSR count). The lowest BCUT2D eigenvalue weighted by Gasteiger charge is -2.34. The van der Waals surface area contributed by atoms with E-state index in [0.29, 0.717) is 25.3 Å². The number of anilines is 1. The van der Waals surface area contributed by atoms with Gasteiger partial charge in [0.25, 0.3) is 5.69 Å². The van der Waals surface area contributed by atoms with Gasteiger partial charge in [0.2, 0.25) is 0 Å². The first-order valence-corrected chi connectivity index (χ1v) is 7.63. The zero-order valence-corrected chi connectivity index (χ0v) is 13.1. The first-order chi connectivity index (χ1) is 11.8. The van der Waals surface area contributed by atoms with Gasteiger partial charge in [0, 0.05) is 30.9 Å². The van der Waals surface area contributed by atoms with Crippen molar-refractivity contribution in [3.8, 4) is 0 Å². The second-order valence-electron chi connectivity index (χ2n) is 5.70. The summed E-state index contributed by atoms with van der Waals surface area (Å²) < 4.78 is 43.6. The number of rotatable bonds is 3. The van der Waals surface area contributed by atoms with Crippen LogP contribution in [-0.2, 0) is 10.9 Å². The van der Waals surface area contributed by atoms with Gasteiger partial charge in [-0.25, -0.2) is 0 Å². The average molecular weight is 352 g/mol. The fourth-order valence-corrected chi connectivity index (χ4v) is 2.76. The molecule has 0 amide bonds. The van der Waals surface area contributed by atoms with Gasteiger partial charge in [-0.15, -0.1) is 0 Å². The summed E-state index contributed by atoms with van der Waals surface area (Å²) in [7, 11) is 0. The molecular formula is C17H15F3N2O3. The van der Waals surface area contributed by atoms with Crippen LogP contribution < -0.4 is 4.90 Å². The molecule has 1 heterocycles. The van der Waals surface area contributed by atoms with E-state index in [1.165, 1.54) is 24.3 Å². The SMILES string of the molecule is O=[N+]([O-])c1ccc(N2CCOC(c3ccc(C(F)(F)F)cc3)C2)cc1. The lowest BCUT2D eigenvalue weighted by molar-refractivity contribution is -0.384. The van der Waals surface area contributed by atoms with Gasteiger partial charge in [-0.3, -0.25) is 10.1 Å². The number of halogens is 3. The Kier molecular flexibility index (Phi) is 4.63. The molecule has 5 nitrogen and oxygen atoms in total. The Hall–Kier alpha value is -2.61. The van der Waals surface area contributed by atoms with E-state index in [4.69, 9.17) is 4.74 Å². The Morgan fingerprint density at radius 3 is 2.28 bits per heavy atom. The third kappa shape index (κ3) is 3.90. The number of nitro groups is 1. The Morgan fingerprint density at radius 1 is 1.08 bits per heavy atom. The zero-order valence-electron chi connectivity index (χ0n) is 13.1. The van der Waals surface area contributed by atoms with E-state index >= 15 is 0 Å². The third-order valence-electron chi connectivity index (χ3n) is 4.10. The van der Waals surface area contributed by atoms with Gasteiger partial charge in [0.15, 0.2) is 0 Å². The highest BCUT2D eigenvalue weighted by Gasteiger charge is 2.31. The van der Waals surface area contributed by atoms with E-state index in [1.807, 2.05) is 4.90 Å². The van der Waals surface area contributed by atoms with E-state index in [9.17, 15) is 23.3 Å². The molecular weight excluding hydrogens is 337 g/mol. The molecule has 0 bridgehead atoms. The number of morpholine rings is 1. The number of nitro benzene ring substituents is 1. The fraction of sp³-hybridized carbons (Fsp3) is 0.294. The molecule has 1 fully saturated rings. The summed E-state index contributed by atoms with van der Waals surface area (Å²) in [6.45, 7) is 1.49. The Morgan fingerprint density at radius 2 is 1.72 bits per heavy atom. The van der Waals surface area contributed by atoms with E-state index in [2.05, 4.69) is 0 Å². The third-order valence-corrected chi connectivity index (χ3v) is 4.10. The Labute approximate surface area is 141 Å². The van der Waals surface area contributed by atoms with Crippen molar-refractivity contribution in [1.29, 1.82) is 0 Å². The number of benzene rings is 2. The van der Waals surface area contributed by atoms with Crippen molar-refractivity contribution >= 4 is 11.4 Å². The lowest BCUT2D eigenvalue weighted by atomic mass is 10.0. The number of hydrogen-bond donors (Lipinski definition) is 0. The highest BCUT2D eigenvalue weighted by atomic mass is 19.4. The van der Waals surface area contributed by atoms with E-state index in [0.717, 1.165) is 17.8 Å². The molecule has 132 valence electrons. The molecule has 25 heavy (non-hydrogen) atoms. The van der Waals surface area contributed by atoms with Crippen molar-refractivity contribution in [1.82, 2.24) is 0 Å². The summed E-state index contributed by atoms with van der Waals surface area (Å²) in [4.78, 5) is 12.2. The van der Waals surface area contributed by atoms with Crippen molar-refractivity contribution in [2.24, 2.45) is 0 Å². The molecule has 0 aromatic heterocycles. The summed E-state index contributed by atoms with van der Waals surface area (Å²) in [5.74, 6) is 0. The lowest BCUT2D eigenvalue weighted by Crippen LogP contribution is -2.38. The summed E-state index contributed by atoms with van der Waals surface area (Å²) in [5, 5.41) is 10.7. The minimum atomic E-state index is -4.36. The van der Waals surface area contributed by atoms with Gasteiger partial charge >= 0.3 is 6.18 Å². The second-order valence-corrected chi connectivity index (χ2v) is 5.70. The maximum absolute atomic E-state index is 12.6. The maximum atomic E-state index is 12.6. The summed E-state index contributed by atoms with van der Waals surface area (Å²) in [6, 6.07) is 11.1. The molecule has 1 unspecified atom stereocenters. The number of nitrogens with zero attached hydrogens (tertiary/aromatic N) is 2. The van der Waals surface area contributed by atoms with Crippen LogP contribution in [0.4, 0.5) is 24.5 Å². The molecule has 0 N–H and O–H groups in total. The highest BCUT2D eigenvalue weighted by molar-refractivity contribution is 5.51. The van der Waals surface area contributed by atoms with Crippen molar-refractivity contribution in [2.45, 2.75) is 12.3 Å². The molecule has 2 aromatic rings. The average Bonchev–Trinajstić information content (AvgIpc) is 2.61. The molecule has 0 radical (unpaired) electrons. The topological polar surface area (TPSA) is 55.6 Å². The standard InChI is InChI=1S/C17H15F3N2O3/c18-17(19,20)13-3-1-12(2-4-13)16-11-21(9-10-25-16)14-5-7-15(8-6-14)22(23)24/h1-8,16H,9-11H2. The van der Waals surface area contributed by atoms with Crippen molar-refractivity contribution in [3.63, 3.8) is 0 Å². The van der Waals surface area contributed by atoms with Crippen LogP contribution >= 0.6 is 0 Å². The van der Waals surface area contributed by atoms with Crippen LogP contribution in [0.2, 0.25) is 0 Å². The van der Waals surface area contributed by atoms with Crippen LogP contribution in [-0.4, -0.2) is 24.6 Å².